The molecule has 0 aliphatic heterocycles. The van der Waals surface area contributed by atoms with Crippen molar-refractivity contribution in [3.05, 3.63) is 29.8 Å². The van der Waals surface area contributed by atoms with E-state index in [1.165, 1.54) is 19.3 Å². The summed E-state index contributed by atoms with van der Waals surface area (Å²) in [4.78, 5) is 14.9. The lowest BCUT2D eigenvalue weighted by molar-refractivity contribution is 0.0703. The number of carbonyl (C=O) groups excluding carboxylic acids is 1. The van der Waals surface area contributed by atoms with Gasteiger partial charge >= 0.3 is 0 Å². The smallest absolute Gasteiger partial charge is 0.255 e. The first-order valence-electron chi connectivity index (χ1n) is 9.06. The number of amides is 1. The molecule has 0 spiro atoms. The molecule has 24 heavy (non-hydrogen) atoms. The molecular formula is C19H29NO3S. The van der Waals surface area contributed by atoms with E-state index in [9.17, 15) is 13.2 Å². The summed E-state index contributed by atoms with van der Waals surface area (Å²) in [6, 6.07) is 6.84. The zero-order chi connectivity index (χ0) is 17.6. The van der Waals surface area contributed by atoms with Crippen molar-refractivity contribution in [3.63, 3.8) is 0 Å². The van der Waals surface area contributed by atoms with Crippen molar-refractivity contribution in [3.8, 4) is 0 Å². The van der Waals surface area contributed by atoms with E-state index in [0.29, 0.717) is 12.0 Å². The van der Waals surface area contributed by atoms with Crippen molar-refractivity contribution < 1.29 is 13.2 Å². The first-order valence-corrected chi connectivity index (χ1v) is 10.7. The monoisotopic (exact) mass is 351 g/mol. The lowest BCUT2D eigenvalue weighted by Gasteiger charge is -2.30. The van der Waals surface area contributed by atoms with Gasteiger partial charge in [-0.15, -0.1) is 0 Å². The van der Waals surface area contributed by atoms with Gasteiger partial charge in [0.1, 0.15) is 0 Å². The van der Waals surface area contributed by atoms with Crippen LogP contribution in [0, 0.1) is 0 Å². The third kappa shape index (κ3) is 4.59. The predicted octanol–water partition coefficient (Wildman–Crippen LogP) is 4.06. The molecule has 4 nitrogen and oxygen atoms in total. The van der Waals surface area contributed by atoms with E-state index < -0.39 is 9.84 Å². The van der Waals surface area contributed by atoms with Gasteiger partial charge in [-0.05, 0) is 31.4 Å². The van der Waals surface area contributed by atoms with Crippen molar-refractivity contribution in [2.45, 2.75) is 69.2 Å². The molecule has 1 saturated carbocycles. The second-order valence-electron chi connectivity index (χ2n) is 6.73. The molecule has 1 aromatic carbocycles. The van der Waals surface area contributed by atoms with Gasteiger partial charge in [0.15, 0.2) is 9.84 Å². The molecule has 0 aromatic heterocycles. The summed E-state index contributed by atoms with van der Waals surface area (Å²) in [6.45, 7) is 1.84. The van der Waals surface area contributed by atoms with Crippen molar-refractivity contribution in [2.24, 2.45) is 0 Å². The maximum absolute atomic E-state index is 13.0. The number of benzene rings is 1. The number of carbonyl (C=O) groups is 1. The molecule has 5 heteroatoms. The van der Waals surface area contributed by atoms with Gasteiger partial charge in [-0.25, -0.2) is 8.42 Å². The van der Waals surface area contributed by atoms with Crippen molar-refractivity contribution >= 4 is 15.7 Å². The Labute approximate surface area is 146 Å². The largest absolute Gasteiger partial charge is 0.339 e. The molecule has 0 N–H and O–H groups in total. The molecule has 1 amide bonds. The Bertz CT molecular complexity index is 646. The van der Waals surface area contributed by atoms with Crippen LogP contribution >= 0.6 is 0 Å². The molecule has 0 saturated heterocycles. The van der Waals surface area contributed by atoms with Gasteiger partial charge in [-0.1, -0.05) is 51.2 Å². The average molecular weight is 352 g/mol. The van der Waals surface area contributed by atoms with Gasteiger partial charge in [0.25, 0.3) is 5.91 Å². The Morgan fingerprint density at radius 2 is 1.67 bits per heavy atom. The third-order valence-corrected chi connectivity index (χ3v) is 6.84. The Morgan fingerprint density at radius 1 is 1.08 bits per heavy atom. The van der Waals surface area contributed by atoms with Crippen LogP contribution in [0.4, 0.5) is 0 Å². The molecule has 0 radical (unpaired) electrons. The van der Waals surface area contributed by atoms with Crippen molar-refractivity contribution in [2.75, 3.05) is 12.8 Å². The lowest BCUT2D eigenvalue weighted by Crippen LogP contribution is -2.38. The second kappa shape index (κ2) is 8.65. The highest BCUT2D eigenvalue weighted by Crippen LogP contribution is 2.24. The minimum Gasteiger partial charge on any atom is -0.339 e. The van der Waals surface area contributed by atoms with Crippen LogP contribution in [-0.2, 0) is 9.84 Å². The Morgan fingerprint density at radius 3 is 2.29 bits per heavy atom. The number of nitrogens with zero attached hydrogens (tertiary/aromatic N) is 1. The van der Waals surface area contributed by atoms with Gasteiger partial charge < -0.3 is 4.90 Å². The number of hydrogen-bond donors (Lipinski definition) is 0. The summed E-state index contributed by atoms with van der Waals surface area (Å²) in [6.07, 6.45) is 8.56. The predicted molar refractivity (Wildman–Crippen MR) is 97.0 cm³/mol. The lowest BCUT2D eigenvalue weighted by atomic mass is 9.95. The first-order chi connectivity index (χ1) is 11.5. The molecule has 0 unspecified atom stereocenters. The molecule has 0 atom stereocenters. The molecular weight excluding hydrogens is 322 g/mol. The van der Waals surface area contributed by atoms with Crippen LogP contribution in [0.3, 0.4) is 0 Å². The van der Waals surface area contributed by atoms with E-state index in [0.717, 1.165) is 25.7 Å². The van der Waals surface area contributed by atoms with Crippen LogP contribution < -0.4 is 0 Å². The molecule has 0 bridgehead atoms. The first kappa shape index (κ1) is 19.0. The number of hydrogen-bond acceptors (Lipinski definition) is 3. The number of sulfone groups is 1. The van der Waals surface area contributed by atoms with Crippen LogP contribution in [0.2, 0.25) is 0 Å². The summed E-state index contributed by atoms with van der Waals surface area (Å²) in [7, 11) is -1.59. The molecule has 1 aromatic rings. The normalized spacial score (nSPS) is 17.1. The summed E-state index contributed by atoms with van der Waals surface area (Å²) >= 11 is 0. The van der Waals surface area contributed by atoms with E-state index in [1.807, 2.05) is 14.0 Å². The Hall–Kier alpha value is -1.36. The van der Waals surface area contributed by atoms with Gasteiger partial charge in [0.05, 0.1) is 16.2 Å². The van der Waals surface area contributed by atoms with Crippen LogP contribution in [-0.4, -0.2) is 38.1 Å². The molecule has 1 aliphatic carbocycles. The Kier molecular flexibility index (Phi) is 6.84. The fraction of sp³-hybridized carbons (Fsp3) is 0.632. The minimum absolute atomic E-state index is 0.0738. The van der Waals surface area contributed by atoms with Crippen molar-refractivity contribution in [1.82, 2.24) is 4.90 Å². The quantitative estimate of drug-likeness (QED) is 0.804. The zero-order valence-corrected chi connectivity index (χ0v) is 15.6. The van der Waals surface area contributed by atoms with Crippen LogP contribution in [0.25, 0.3) is 0 Å². The van der Waals surface area contributed by atoms with Crippen molar-refractivity contribution in [1.29, 1.82) is 0 Å². The number of rotatable bonds is 5. The fourth-order valence-electron chi connectivity index (χ4n) is 3.47. The van der Waals surface area contributed by atoms with E-state index in [1.54, 1.807) is 29.2 Å². The fourth-order valence-corrected chi connectivity index (χ4v) is 5.00. The topological polar surface area (TPSA) is 54.5 Å². The van der Waals surface area contributed by atoms with Gasteiger partial charge in [0.2, 0.25) is 0 Å². The molecule has 1 fully saturated rings. The molecule has 2 rings (SSSR count). The SMILES string of the molecule is CCCS(=O)(=O)c1ccccc1C(=O)N(C)C1CCCCCCC1. The highest BCUT2D eigenvalue weighted by Gasteiger charge is 2.27. The molecule has 1 aliphatic rings. The van der Waals surface area contributed by atoms with Gasteiger partial charge in [-0.3, -0.25) is 4.79 Å². The summed E-state index contributed by atoms with van der Waals surface area (Å²) in [5.41, 5.74) is 0.315. The summed E-state index contributed by atoms with van der Waals surface area (Å²) in [5.74, 6) is -0.0967. The highest BCUT2D eigenvalue weighted by atomic mass is 32.2. The van der Waals surface area contributed by atoms with Crippen LogP contribution in [0.1, 0.15) is 68.6 Å². The van der Waals surface area contributed by atoms with Crippen LogP contribution in [0.5, 0.6) is 0 Å². The Balaban J connectivity index is 2.25. The highest BCUT2D eigenvalue weighted by molar-refractivity contribution is 7.91. The third-order valence-electron chi connectivity index (χ3n) is 4.87. The zero-order valence-electron chi connectivity index (χ0n) is 14.8. The van der Waals surface area contributed by atoms with E-state index in [-0.39, 0.29) is 22.6 Å². The van der Waals surface area contributed by atoms with E-state index in [4.69, 9.17) is 0 Å². The summed E-state index contributed by atoms with van der Waals surface area (Å²) in [5, 5.41) is 0. The second-order valence-corrected chi connectivity index (χ2v) is 8.81. The molecule has 0 heterocycles. The van der Waals surface area contributed by atoms with E-state index in [2.05, 4.69) is 0 Å². The van der Waals surface area contributed by atoms with Crippen LogP contribution in [0.15, 0.2) is 29.2 Å². The standard InChI is InChI=1S/C19H29NO3S/c1-3-15-24(22,23)18-14-10-9-13-17(18)19(21)20(2)16-11-7-5-4-6-8-12-16/h9-10,13-14,16H,3-8,11-12,15H2,1-2H3. The van der Waals surface area contributed by atoms with Gasteiger partial charge in [0, 0.05) is 13.1 Å². The maximum atomic E-state index is 13.0. The average Bonchev–Trinajstić information content (AvgIpc) is 2.53. The maximum Gasteiger partial charge on any atom is 0.255 e. The minimum atomic E-state index is -3.41. The van der Waals surface area contributed by atoms with Gasteiger partial charge in [-0.2, -0.15) is 0 Å². The molecule has 134 valence electrons. The summed E-state index contributed by atoms with van der Waals surface area (Å²) < 4.78 is 25.0. The van der Waals surface area contributed by atoms with E-state index >= 15 is 0 Å².